The van der Waals surface area contributed by atoms with Crippen LogP contribution in [-0.4, -0.2) is 29.6 Å². The predicted molar refractivity (Wildman–Crippen MR) is 77.7 cm³/mol. The van der Waals surface area contributed by atoms with E-state index in [0.717, 1.165) is 25.0 Å². The van der Waals surface area contributed by atoms with Crippen molar-refractivity contribution >= 4 is 10.0 Å². The van der Waals surface area contributed by atoms with Gasteiger partial charge in [0.25, 0.3) is 0 Å². The number of rotatable bonds is 4. The van der Waals surface area contributed by atoms with Gasteiger partial charge in [0.1, 0.15) is 10.6 Å². The average Bonchev–Trinajstić information content (AvgIpc) is 3.17. The molecule has 1 fully saturated rings. The van der Waals surface area contributed by atoms with E-state index in [1.54, 1.807) is 13.8 Å². The Bertz CT molecular complexity index is 758. The van der Waals surface area contributed by atoms with Gasteiger partial charge in [-0.2, -0.15) is 4.31 Å². The van der Waals surface area contributed by atoms with E-state index < -0.39 is 10.0 Å². The molecule has 2 aromatic rings. The Balaban J connectivity index is 1.99. The predicted octanol–water partition coefficient (Wildman–Crippen LogP) is 2.37. The zero-order chi connectivity index (χ0) is 15.9. The molecule has 0 bridgehead atoms. The molecule has 0 radical (unpaired) electrons. The Morgan fingerprint density at radius 2 is 2.09 bits per heavy atom. The smallest absolute Gasteiger partial charge is 0.249 e. The van der Waals surface area contributed by atoms with Gasteiger partial charge in [0.05, 0.1) is 11.7 Å². The van der Waals surface area contributed by atoms with Crippen LogP contribution < -0.4 is 0 Å². The standard InChI is InChI=1S/C14H19N3O4S/c1-4-11-8-13(21-16-11)12-6-5-7-17(12)22(18,19)14-9(2)15-20-10(14)3/h8,12H,4-7H2,1-3H3/t12-/m1/s1. The second kappa shape index (κ2) is 5.51. The maximum atomic E-state index is 13.0. The summed E-state index contributed by atoms with van der Waals surface area (Å²) < 4.78 is 37.8. The van der Waals surface area contributed by atoms with Crippen molar-refractivity contribution in [1.29, 1.82) is 0 Å². The third kappa shape index (κ3) is 2.36. The van der Waals surface area contributed by atoms with Crippen molar-refractivity contribution in [2.24, 2.45) is 0 Å². The van der Waals surface area contributed by atoms with Crippen LogP contribution in [0.25, 0.3) is 0 Å². The fraction of sp³-hybridized carbons (Fsp3) is 0.571. The van der Waals surface area contributed by atoms with Gasteiger partial charge >= 0.3 is 0 Å². The molecule has 0 spiro atoms. The van der Waals surface area contributed by atoms with Crippen molar-refractivity contribution in [2.45, 2.75) is 51.0 Å². The van der Waals surface area contributed by atoms with Gasteiger partial charge in [0, 0.05) is 12.6 Å². The van der Waals surface area contributed by atoms with Crippen LogP contribution >= 0.6 is 0 Å². The molecular weight excluding hydrogens is 306 g/mol. The summed E-state index contributed by atoms with van der Waals surface area (Å²) >= 11 is 0. The van der Waals surface area contributed by atoms with Gasteiger partial charge in [0.15, 0.2) is 11.5 Å². The highest BCUT2D eigenvalue weighted by atomic mass is 32.2. The quantitative estimate of drug-likeness (QED) is 0.857. The van der Waals surface area contributed by atoms with E-state index in [-0.39, 0.29) is 10.9 Å². The topological polar surface area (TPSA) is 89.4 Å². The minimum absolute atomic E-state index is 0.162. The fourth-order valence-corrected chi connectivity index (χ4v) is 4.88. The van der Waals surface area contributed by atoms with Crippen molar-refractivity contribution in [3.63, 3.8) is 0 Å². The van der Waals surface area contributed by atoms with Crippen molar-refractivity contribution in [1.82, 2.24) is 14.6 Å². The lowest BCUT2D eigenvalue weighted by Crippen LogP contribution is -2.31. The zero-order valence-corrected chi connectivity index (χ0v) is 13.7. The first kappa shape index (κ1) is 15.2. The molecule has 7 nitrogen and oxygen atoms in total. The van der Waals surface area contributed by atoms with Gasteiger partial charge in [-0.25, -0.2) is 8.42 Å². The van der Waals surface area contributed by atoms with Crippen LogP contribution in [0.2, 0.25) is 0 Å². The number of hydrogen-bond acceptors (Lipinski definition) is 6. The lowest BCUT2D eigenvalue weighted by atomic mass is 10.1. The molecule has 1 saturated heterocycles. The van der Waals surface area contributed by atoms with Crippen molar-refractivity contribution < 1.29 is 17.5 Å². The molecule has 3 heterocycles. The summed E-state index contributed by atoms with van der Waals surface area (Å²) in [6, 6.07) is 1.53. The highest BCUT2D eigenvalue weighted by molar-refractivity contribution is 7.89. The number of aryl methyl sites for hydroxylation is 3. The summed E-state index contributed by atoms with van der Waals surface area (Å²) in [4.78, 5) is 0.162. The average molecular weight is 325 g/mol. The van der Waals surface area contributed by atoms with Gasteiger partial charge < -0.3 is 9.05 Å². The molecular formula is C14H19N3O4S. The first-order chi connectivity index (χ1) is 10.4. The van der Waals surface area contributed by atoms with Crippen LogP contribution in [0.4, 0.5) is 0 Å². The monoisotopic (exact) mass is 325 g/mol. The molecule has 0 aromatic carbocycles. The second-order valence-corrected chi connectivity index (χ2v) is 7.33. The molecule has 0 saturated carbocycles. The maximum Gasteiger partial charge on any atom is 0.249 e. The summed E-state index contributed by atoms with van der Waals surface area (Å²) in [7, 11) is -3.66. The summed E-state index contributed by atoms with van der Waals surface area (Å²) in [5, 5.41) is 7.72. The van der Waals surface area contributed by atoms with Gasteiger partial charge in [-0.3, -0.25) is 0 Å². The molecule has 1 aliphatic heterocycles. The van der Waals surface area contributed by atoms with Crippen LogP contribution in [0.5, 0.6) is 0 Å². The highest BCUT2D eigenvalue weighted by Gasteiger charge is 2.40. The maximum absolute atomic E-state index is 13.0. The Kier molecular flexibility index (Phi) is 3.82. The summed E-state index contributed by atoms with van der Waals surface area (Å²) in [6.45, 7) is 5.69. The van der Waals surface area contributed by atoms with Gasteiger partial charge in [-0.1, -0.05) is 17.2 Å². The molecule has 0 unspecified atom stereocenters. The Morgan fingerprint density at radius 3 is 2.68 bits per heavy atom. The summed E-state index contributed by atoms with van der Waals surface area (Å²) in [6.07, 6.45) is 2.27. The van der Waals surface area contributed by atoms with Crippen LogP contribution in [0.1, 0.15) is 48.7 Å². The third-order valence-corrected chi connectivity index (χ3v) is 6.16. The fourth-order valence-electron chi connectivity index (χ4n) is 2.92. The number of sulfonamides is 1. The third-order valence-electron chi connectivity index (χ3n) is 4.01. The zero-order valence-electron chi connectivity index (χ0n) is 12.9. The number of hydrogen-bond donors (Lipinski definition) is 0. The van der Waals surface area contributed by atoms with E-state index in [1.807, 2.05) is 13.0 Å². The molecule has 120 valence electrons. The minimum Gasteiger partial charge on any atom is -0.360 e. The highest BCUT2D eigenvalue weighted by Crippen LogP contribution is 2.38. The molecule has 1 aliphatic rings. The summed E-state index contributed by atoms with van der Waals surface area (Å²) in [5.41, 5.74) is 1.21. The largest absolute Gasteiger partial charge is 0.360 e. The number of nitrogens with zero attached hydrogens (tertiary/aromatic N) is 3. The Hall–Kier alpha value is -1.67. The lowest BCUT2D eigenvalue weighted by molar-refractivity contribution is 0.296. The molecule has 8 heteroatoms. The van der Waals surface area contributed by atoms with Crippen LogP contribution in [-0.2, 0) is 16.4 Å². The molecule has 0 aliphatic carbocycles. The molecule has 22 heavy (non-hydrogen) atoms. The van der Waals surface area contributed by atoms with E-state index in [9.17, 15) is 8.42 Å². The van der Waals surface area contributed by atoms with E-state index in [2.05, 4.69) is 10.3 Å². The molecule has 0 N–H and O–H groups in total. The van der Waals surface area contributed by atoms with E-state index >= 15 is 0 Å². The second-order valence-electron chi connectivity index (χ2n) is 5.50. The normalized spacial score (nSPS) is 19.9. The minimum atomic E-state index is -3.66. The number of aromatic nitrogens is 2. The van der Waals surface area contributed by atoms with Crippen molar-refractivity contribution in [2.75, 3.05) is 6.54 Å². The molecule has 0 amide bonds. The Morgan fingerprint density at radius 1 is 1.32 bits per heavy atom. The van der Waals surface area contributed by atoms with E-state index in [4.69, 9.17) is 9.05 Å². The van der Waals surface area contributed by atoms with E-state index in [1.165, 1.54) is 4.31 Å². The molecule has 2 aromatic heterocycles. The van der Waals surface area contributed by atoms with Crippen molar-refractivity contribution in [3.8, 4) is 0 Å². The van der Waals surface area contributed by atoms with Gasteiger partial charge in [-0.15, -0.1) is 0 Å². The van der Waals surface area contributed by atoms with Gasteiger partial charge in [0.2, 0.25) is 10.0 Å². The SMILES string of the molecule is CCc1cc([C@H]2CCCN2S(=O)(=O)c2c(C)noc2C)on1. The van der Waals surface area contributed by atoms with Crippen LogP contribution in [0.15, 0.2) is 20.0 Å². The van der Waals surface area contributed by atoms with E-state index in [0.29, 0.717) is 23.8 Å². The van der Waals surface area contributed by atoms with Crippen LogP contribution in [0.3, 0.4) is 0 Å². The summed E-state index contributed by atoms with van der Waals surface area (Å²) in [5.74, 6) is 0.916. The molecule has 1 atom stereocenters. The first-order valence-electron chi connectivity index (χ1n) is 7.35. The van der Waals surface area contributed by atoms with Gasteiger partial charge in [-0.05, 0) is 33.1 Å². The van der Waals surface area contributed by atoms with Crippen LogP contribution in [0, 0.1) is 13.8 Å². The lowest BCUT2D eigenvalue weighted by Gasteiger charge is -2.21. The van der Waals surface area contributed by atoms with Crippen molar-refractivity contribution in [3.05, 3.63) is 29.0 Å². The molecule has 3 rings (SSSR count). The first-order valence-corrected chi connectivity index (χ1v) is 8.79. The Labute approximate surface area is 129 Å².